The molecule has 0 heterocycles. The number of para-hydroxylation sites is 1. The number of aliphatic hydroxyl groups excluding tert-OH is 1. The molecule has 0 bridgehead atoms. The minimum atomic E-state index is -1.12. The molecule has 0 aliphatic carbocycles. The van der Waals surface area contributed by atoms with E-state index in [0.29, 0.717) is 22.6 Å². The Morgan fingerprint density at radius 2 is 1.90 bits per heavy atom. The molecular formula is C21H20N2O6. The molecule has 2 aromatic rings. The van der Waals surface area contributed by atoms with Crippen LogP contribution in [0.25, 0.3) is 0 Å². The predicted octanol–water partition coefficient (Wildman–Crippen LogP) is 3.25. The van der Waals surface area contributed by atoms with Crippen LogP contribution in [0, 0.1) is 11.3 Å². The summed E-state index contributed by atoms with van der Waals surface area (Å²) in [6.45, 7) is -0.121. The summed E-state index contributed by atoms with van der Waals surface area (Å²) >= 11 is 0. The van der Waals surface area contributed by atoms with E-state index >= 15 is 0 Å². The van der Waals surface area contributed by atoms with Crippen molar-refractivity contribution in [3.63, 3.8) is 0 Å². The first kappa shape index (κ1) is 21.5. The molecular weight excluding hydrogens is 376 g/mol. The molecule has 1 atom stereocenters. The van der Waals surface area contributed by atoms with Crippen molar-refractivity contribution < 1.29 is 29.3 Å². The van der Waals surface area contributed by atoms with Gasteiger partial charge in [-0.15, -0.1) is 0 Å². The average Bonchev–Trinajstić information content (AvgIpc) is 2.72. The van der Waals surface area contributed by atoms with Crippen molar-refractivity contribution in [2.75, 3.05) is 18.5 Å². The lowest BCUT2D eigenvalue weighted by atomic mass is 10.0. The molecule has 1 amide bonds. The monoisotopic (exact) mass is 396 g/mol. The molecule has 2 aromatic carbocycles. The minimum absolute atomic E-state index is 0.0616. The van der Waals surface area contributed by atoms with Crippen LogP contribution in [0.5, 0.6) is 5.75 Å². The Morgan fingerprint density at radius 1 is 1.17 bits per heavy atom. The number of carboxylic acids is 1. The van der Waals surface area contributed by atoms with Crippen molar-refractivity contribution >= 4 is 17.7 Å². The molecule has 0 fully saturated rings. The third kappa shape index (κ3) is 7.01. The van der Waals surface area contributed by atoms with Crippen LogP contribution in [0.4, 0.5) is 10.5 Å². The SMILES string of the molecule is N#Cc1ccc(NC(=O)O[C@@H](C/C=C/C(=O)O)c2ccccc2OCCO)cc1. The fourth-order valence-corrected chi connectivity index (χ4v) is 2.47. The van der Waals surface area contributed by atoms with Crippen LogP contribution in [-0.4, -0.2) is 35.5 Å². The third-order valence-corrected chi connectivity index (χ3v) is 3.74. The fourth-order valence-electron chi connectivity index (χ4n) is 2.47. The summed E-state index contributed by atoms with van der Waals surface area (Å²) in [6, 6.07) is 15.1. The smallest absolute Gasteiger partial charge is 0.412 e. The number of amides is 1. The van der Waals surface area contributed by atoms with Crippen LogP contribution < -0.4 is 10.1 Å². The highest BCUT2D eigenvalue weighted by atomic mass is 16.6. The van der Waals surface area contributed by atoms with Gasteiger partial charge in [0, 0.05) is 23.7 Å². The van der Waals surface area contributed by atoms with Crippen LogP contribution in [0.2, 0.25) is 0 Å². The van der Waals surface area contributed by atoms with Crippen molar-refractivity contribution in [1.82, 2.24) is 0 Å². The summed E-state index contributed by atoms with van der Waals surface area (Å²) in [7, 11) is 0. The summed E-state index contributed by atoms with van der Waals surface area (Å²) in [6.07, 6.45) is 0.878. The number of carbonyl (C=O) groups is 2. The molecule has 0 radical (unpaired) electrons. The molecule has 0 spiro atoms. The van der Waals surface area contributed by atoms with Crippen molar-refractivity contribution in [3.05, 3.63) is 71.8 Å². The first-order valence-electron chi connectivity index (χ1n) is 8.73. The minimum Gasteiger partial charge on any atom is -0.491 e. The summed E-state index contributed by atoms with van der Waals surface area (Å²) in [5, 5.41) is 29.2. The number of nitrogens with zero attached hydrogens (tertiary/aromatic N) is 1. The number of nitrogens with one attached hydrogen (secondary N) is 1. The predicted molar refractivity (Wildman–Crippen MR) is 104 cm³/mol. The van der Waals surface area contributed by atoms with E-state index in [0.717, 1.165) is 6.08 Å². The van der Waals surface area contributed by atoms with Crippen molar-refractivity contribution in [3.8, 4) is 11.8 Å². The highest BCUT2D eigenvalue weighted by molar-refractivity contribution is 5.85. The summed E-state index contributed by atoms with van der Waals surface area (Å²) in [5.41, 5.74) is 1.43. The van der Waals surface area contributed by atoms with E-state index in [1.54, 1.807) is 48.5 Å². The van der Waals surface area contributed by atoms with Crippen LogP contribution in [0.1, 0.15) is 23.7 Å². The number of aliphatic hydroxyl groups is 1. The molecule has 8 nitrogen and oxygen atoms in total. The highest BCUT2D eigenvalue weighted by Gasteiger charge is 2.20. The molecule has 0 aromatic heterocycles. The van der Waals surface area contributed by atoms with Crippen molar-refractivity contribution in [2.45, 2.75) is 12.5 Å². The van der Waals surface area contributed by atoms with Gasteiger partial charge in [0.25, 0.3) is 0 Å². The van der Waals surface area contributed by atoms with Gasteiger partial charge in [-0.25, -0.2) is 9.59 Å². The van der Waals surface area contributed by atoms with E-state index in [4.69, 9.17) is 24.9 Å². The number of aliphatic carboxylic acids is 1. The number of ether oxygens (including phenoxy) is 2. The number of carbonyl (C=O) groups excluding carboxylic acids is 1. The van der Waals surface area contributed by atoms with Gasteiger partial charge < -0.3 is 19.7 Å². The molecule has 29 heavy (non-hydrogen) atoms. The third-order valence-electron chi connectivity index (χ3n) is 3.74. The molecule has 3 N–H and O–H groups in total. The number of nitriles is 1. The fraction of sp³-hybridized carbons (Fsp3) is 0.190. The number of benzene rings is 2. The van der Waals surface area contributed by atoms with Crippen LogP contribution in [-0.2, 0) is 9.53 Å². The molecule has 0 aliphatic rings. The second kappa shape index (κ2) is 11.1. The van der Waals surface area contributed by atoms with Crippen LogP contribution in [0.3, 0.4) is 0 Å². The van der Waals surface area contributed by atoms with Gasteiger partial charge in [-0.3, -0.25) is 5.32 Å². The van der Waals surface area contributed by atoms with Gasteiger partial charge in [0.05, 0.1) is 18.2 Å². The molecule has 150 valence electrons. The van der Waals surface area contributed by atoms with Crippen LogP contribution in [0.15, 0.2) is 60.7 Å². The number of hydrogen-bond donors (Lipinski definition) is 3. The highest BCUT2D eigenvalue weighted by Crippen LogP contribution is 2.31. The quantitative estimate of drug-likeness (QED) is 0.555. The van der Waals surface area contributed by atoms with Crippen molar-refractivity contribution in [2.24, 2.45) is 0 Å². The van der Waals surface area contributed by atoms with E-state index in [1.165, 1.54) is 6.08 Å². The first-order valence-corrected chi connectivity index (χ1v) is 8.73. The van der Waals surface area contributed by atoms with Crippen molar-refractivity contribution in [1.29, 1.82) is 5.26 Å². The standard InChI is InChI=1S/C21H20N2O6/c22-14-15-8-10-16(11-9-15)23-21(27)29-19(6-3-7-20(25)26)17-4-1-2-5-18(17)28-13-12-24/h1-5,7-11,19,24H,6,12-13H2,(H,23,27)(H,25,26)/b7-3+/t19-/m0/s1. The van der Waals surface area contributed by atoms with E-state index in [2.05, 4.69) is 5.32 Å². The number of rotatable bonds is 9. The maximum absolute atomic E-state index is 12.4. The lowest BCUT2D eigenvalue weighted by Crippen LogP contribution is -2.18. The number of hydrogen-bond acceptors (Lipinski definition) is 6. The summed E-state index contributed by atoms with van der Waals surface area (Å²) < 4.78 is 11.0. The Balaban J connectivity index is 2.18. The normalized spacial score (nSPS) is 11.4. The molecule has 0 unspecified atom stereocenters. The van der Waals surface area contributed by atoms with Crippen LogP contribution >= 0.6 is 0 Å². The van der Waals surface area contributed by atoms with Gasteiger partial charge in [-0.2, -0.15) is 5.26 Å². The van der Waals surface area contributed by atoms with E-state index in [9.17, 15) is 9.59 Å². The first-order chi connectivity index (χ1) is 14.0. The molecule has 0 aliphatic heterocycles. The Hall–Kier alpha value is -3.83. The maximum atomic E-state index is 12.4. The zero-order valence-electron chi connectivity index (χ0n) is 15.4. The summed E-state index contributed by atoms with van der Waals surface area (Å²) in [5.74, 6) is -0.697. The zero-order chi connectivity index (χ0) is 21.1. The molecule has 2 rings (SSSR count). The Kier molecular flexibility index (Phi) is 8.23. The lowest BCUT2D eigenvalue weighted by Gasteiger charge is -2.20. The largest absolute Gasteiger partial charge is 0.491 e. The summed E-state index contributed by atoms with van der Waals surface area (Å²) in [4.78, 5) is 23.1. The molecule has 0 saturated heterocycles. The van der Waals surface area contributed by atoms with Gasteiger partial charge in [0.1, 0.15) is 18.5 Å². The zero-order valence-corrected chi connectivity index (χ0v) is 15.4. The number of carboxylic acid groups (broad SMARTS) is 1. The molecule has 8 heteroatoms. The Labute approximate surface area is 167 Å². The second-order valence-corrected chi connectivity index (χ2v) is 5.79. The lowest BCUT2D eigenvalue weighted by molar-refractivity contribution is -0.131. The van der Waals surface area contributed by atoms with E-state index < -0.39 is 18.2 Å². The van der Waals surface area contributed by atoms with E-state index in [1.807, 2.05) is 6.07 Å². The second-order valence-electron chi connectivity index (χ2n) is 5.79. The van der Waals surface area contributed by atoms with Gasteiger partial charge in [0.2, 0.25) is 0 Å². The Morgan fingerprint density at radius 3 is 2.55 bits per heavy atom. The van der Waals surface area contributed by atoms with Gasteiger partial charge in [-0.05, 0) is 30.3 Å². The topological polar surface area (TPSA) is 129 Å². The van der Waals surface area contributed by atoms with Gasteiger partial charge in [0.15, 0.2) is 0 Å². The number of anilines is 1. The Bertz CT molecular complexity index is 902. The van der Waals surface area contributed by atoms with Gasteiger partial charge >= 0.3 is 12.1 Å². The van der Waals surface area contributed by atoms with E-state index in [-0.39, 0.29) is 19.6 Å². The molecule has 0 saturated carbocycles. The maximum Gasteiger partial charge on any atom is 0.412 e. The van der Waals surface area contributed by atoms with Gasteiger partial charge in [-0.1, -0.05) is 24.3 Å². The average molecular weight is 396 g/mol.